The van der Waals surface area contributed by atoms with E-state index in [1.807, 2.05) is 38.1 Å². The largest absolute Gasteiger partial charge is 0.496 e. The van der Waals surface area contributed by atoms with E-state index in [9.17, 15) is 8.42 Å². The minimum Gasteiger partial charge on any atom is -0.496 e. The van der Waals surface area contributed by atoms with Crippen LogP contribution in [0.5, 0.6) is 5.75 Å². The average molecular weight is 310 g/mol. The average Bonchev–Trinajstić information content (AvgIpc) is 2.83. The zero-order chi connectivity index (χ0) is 15.6. The predicted octanol–water partition coefficient (Wildman–Crippen LogP) is 1.11. The molecule has 0 fully saturated rings. The third-order valence-corrected chi connectivity index (χ3v) is 3.83. The summed E-state index contributed by atoms with van der Waals surface area (Å²) in [5, 5.41) is 12.7. The molecule has 0 aliphatic rings. The maximum Gasteiger partial charge on any atom is 0.273 e. The Morgan fingerprint density at radius 1 is 1.29 bits per heavy atom. The molecule has 2 N–H and O–H groups in total. The first-order chi connectivity index (χ1) is 9.84. The van der Waals surface area contributed by atoms with Gasteiger partial charge in [0.15, 0.2) is 0 Å². The second-order valence-electron chi connectivity index (χ2n) is 4.90. The van der Waals surface area contributed by atoms with Crippen LogP contribution in [0.25, 0.3) is 0 Å². The molecular formula is C13H18N4O3S. The Hall–Kier alpha value is -1.93. The highest BCUT2D eigenvalue weighted by Gasteiger charge is 2.23. The van der Waals surface area contributed by atoms with Gasteiger partial charge in [-0.2, -0.15) is 0 Å². The van der Waals surface area contributed by atoms with Crippen molar-refractivity contribution in [2.24, 2.45) is 5.14 Å². The molecule has 0 amide bonds. The monoisotopic (exact) mass is 310 g/mol. The summed E-state index contributed by atoms with van der Waals surface area (Å²) in [5.74, 6) is 1.24. The van der Waals surface area contributed by atoms with Gasteiger partial charge in [-0.05, 0) is 19.9 Å². The van der Waals surface area contributed by atoms with Gasteiger partial charge in [0.25, 0.3) is 15.2 Å². The molecule has 2 rings (SSSR count). The Bertz CT molecular complexity index is 738. The molecule has 0 unspecified atom stereocenters. The SMILES string of the molecule is COc1ccccc1Cc1nnc(S(N)(=O)=O)n1C(C)C. The van der Waals surface area contributed by atoms with Crippen molar-refractivity contribution in [1.82, 2.24) is 14.8 Å². The first-order valence-electron chi connectivity index (χ1n) is 6.43. The van der Waals surface area contributed by atoms with Crippen LogP contribution >= 0.6 is 0 Å². The number of hydrogen-bond acceptors (Lipinski definition) is 5. The van der Waals surface area contributed by atoms with Crippen molar-refractivity contribution in [2.45, 2.75) is 31.5 Å². The van der Waals surface area contributed by atoms with E-state index in [1.54, 1.807) is 7.11 Å². The van der Waals surface area contributed by atoms with E-state index in [0.29, 0.717) is 18.0 Å². The Labute approximate surface area is 123 Å². The third-order valence-electron chi connectivity index (χ3n) is 3.05. The molecule has 0 saturated heterocycles. The minimum atomic E-state index is -3.91. The minimum absolute atomic E-state index is 0.127. The van der Waals surface area contributed by atoms with Crippen LogP contribution in [-0.2, 0) is 16.4 Å². The number of rotatable bonds is 5. The summed E-state index contributed by atoms with van der Waals surface area (Å²) < 4.78 is 30.0. The topological polar surface area (TPSA) is 100 Å². The van der Waals surface area contributed by atoms with Crippen molar-refractivity contribution in [1.29, 1.82) is 0 Å². The highest BCUT2D eigenvalue weighted by Crippen LogP contribution is 2.23. The van der Waals surface area contributed by atoms with Gasteiger partial charge in [-0.1, -0.05) is 18.2 Å². The Balaban J connectivity index is 2.48. The molecule has 1 heterocycles. The fourth-order valence-corrected chi connectivity index (χ4v) is 2.91. The smallest absolute Gasteiger partial charge is 0.273 e. The number of aromatic nitrogens is 3. The molecule has 0 aliphatic heterocycles. The van der Waals surface area contributed by atoms with E-state index in [4.69, 9.17) is 9.88 Å². The summed E-state index contributed by atoms with van der Waals surface area (Å²) in [6.07, 6.45) is 0.407. The Morgan fingerprint density at radius 3 is 2.52 bits per heavy atom. The van der Waals surface area contributed by atoms with Gasteiger partial charge in [-0.25, -0.2) is 13.6 Å². The van der Waals surface area contributed by atoms with Crippen molar-refractivity contribution < 1.29 is 13.2 Å². The van der Waals surface area contributed by atoms with Crippen LogP contribution in [0, 0.1) is 0 Å². The second kappa shape index (κ2) is 5.82. The quantitative estimate of drug-likeness (QED) is 0.891. The first-order valence-corrected chi connectivity index (χ1v) is 7.97. The predicted molar refractivity (Wildman–Crippen MR) is 77.6 cm³/mol. The third kappa shape index (κ3) is 3.22. The number of hydrogen-bond donors (Lipinski definition) is 1. The molecule has 8 heteroatoms. The van der Waals surface area contributed by atoms with E-state index < -0.39 is 10.0 Å². The summed E-state index contributed by atoms with van der Waals surface area (Å²) in [7, 11) is -2.32. The van der Waals surface area contributed by atoms with Crippen LogP contribution in [0.15, 0.2) is 29.4 Å². The number of sulfonamides is 1. The van der Waals surface area contributed by atoms with Crippen molar-refractivity contribution in [3.63, 3.8) is 0 Å². The van der Waals surface area contributed by atoms with E-state index in [-0.39, 0.29) is 11.2 Å². The standard InChI is InChI=1S/C13H18N4O3S/c1-9(2)17-12(15-16-13(17)21(14,18)19)8-10-6-4-5-7-11(10)20-3/h4-7,9H,8H2,1-3H3,(H2,14,18,19). The van der Waals surface area contributed by atoms with Crippen molar-refractivity contribution in [3.8, 4) is 5.75 Å². The normalized spacial score (nSPS) is 11.9. The van der Waals surface area contributed by atoms with Crippen molar-refractivity contribution >= 4 is 10.0 Å². The van der Waals surface area contributed by atoms with Gasteiger partial charge < -0.3 is 4.74 Å². The lowest BCUT2D eigenvalue weighted by Crippen LogP contribution is -2.20. The summed E-state index contributed by atoms with van der Waals surface area (Å²) in [6.45, 7) is 3.70. The van der Waals surface area contributed by atoms with E-state index >= 15 is 0 Å². The lowest BCUT2D eigenvalue weighted by molar-refractivity contribution is 0.409. The van der Waals surface area contributed by atoms with E-state index in [0.717, 1.165) is 5.56 Å². The maximum atomic E-state index is 11.6. The molecule has 7 nitrogen and oxygen atoms in total. The van der Waals surface area contributed by atoms with E-state index in [1.165, 1.54) is 4.57 Å². The Morgan fingerprint density at radius 2 is 1.95 bits per heavy atom. The zero-order valence-electron chi connectivity index (χ0n) is 12.1. The summed E-state index contributed by atoms with van der Waals surface area (Å²) in [4.78, 5) is 0. The molecule has 0 atom stereocenters. The molecule has 0 radical (unpaired) electrons. The van der Waals surface area contributed by atoms with Crippen LogP contribution in [0.2, 0.25) is 0 Å². The van der Waals surface area contributed by atoms with Gasteiger partial charge in [-0.15, -0.1) is 10.2 Å². The van der Waals surface area contributed by atoms with Gasteiger partial charge in [0.05, 0.1) is 7.11 Å². The molecule has 2 aromatic rings. The molecule has 0 saturated carbocycles. The summed E-state index contributed by atoms with van der Waals surface area (Å²) in [5.41, 5.74) is 0.898. The fraction of sp³-hybridized carbons (Fsp3) is 0.385. The zero-order valence-corrected chi connectivity index (χ0v) is 13.0. The summed E-state index contributed by atoms with van der Waals surface area (Å²) >= 11 is 0. The van der Waals surface area contributed by atoms with Crippen LogP contribution in [-0.4, -0.2) is 30.3 Å². The molecule has 0 aliphatic carbocycles. The van der Waals surface area contributed by atoms with Gasteiger partial charge in [0.1, 0.15) is 11.6 Å². The number of nitrogens with two attached hydrogens (primary N) is 1. The molecule has 0 spiro atoms. The van der Waals surface area contributed by atoms with Crippen molar-refractivity contribution in [3.05, 3.63) is 35.7 Å². The van der Waals surface area contributed by atoms with Gasteiger partial charge in [0.2, 0.25) is 0 Å². The van der Waals surface area contributed by atoms with Crippen LogP contribution in [0.3, 0.4) is 0 Å². The molecule has 1 aromatic carbocycles. The van der Waals surface area contributed by atoms with Crippen LogP contribution < -0.4 is 9.88 Å². The number of methoxy groups -OCH3 is 1. The number of para-hydroxylation sites is 1. The molecule has 21 heavy (non-hydrogen) atoms. The van der Waals surface area contributed by atoms with Crippen molar-refractivity contribution in [2.75, 3.05) is 7.11 Å². The fourth-order valence-electron chi connectivity index (χ4n) is 2.16. The van der Waals surface area contributed by atoms with Crippen LogP contribution in [0.4, 0.5) is 0 Å². The second-order valence-corrected chi connectivity index (χ2v) is 6.35. The summed E-state index contributed by atoms with van der Waals surface area (Å²) in [6, 6.07) is 7.36. The van der Waals surface area contributed by atoms with E-state index in [2.05, 4.69) is 10.2 Å². The van der Waals surface area contributed by atoms with Crippen LogP contribution in [0.1, 0.15) is 31.3 Å². The number of benzene rings is 1. The number of ether oxygens (including phenoxy) is 1. The lowest BCUT2D eigenvalue weighted by atomic mass is 10.1. The molecule has 0 bridgehead atoms. The molecule has 114 valence electrons. The number of nitrogens with zero attached hydrogens (tertiary/aromatic N) is 3. The molecule has 1 aromatic heterocycles. The number of primary sulfonamides is 1. The molecular weight excluding hydrogens is 292 g/mol. The van der Waals surface area contributed by atoms with Gasteiger partial charge in [-0.3, -0.25) is 4.57 Å². The van der Waals surface area contributed by atoms with Gasteiger partial charge in [0, 0.05) is 18.0 Å². The Kier molecular flexibility index (Phi) is 4.29. The highest BCUT2D eigenvalue weighted by molar-refractivity contribution is 7.89. The maximum absolute atomic E-state index is 11.6. The highest BCUT2D eigenvalue weighted by atomic mass is 32.2. The first kappa shape index (κ1) is 15.5. The van der Waals surface area contributed by atoms with Gasteiger partial charge >= 0.3 is 0 Å². The lowest BCUT2D eigenvalue weighted by Gasteiger charge is -2.14.